The van der Waals surface area contributed by atoms with Gasteiger partial charge in [-0.1, -0.05) is 17.7 Å². The molecule has 17 heavy (non-hydrogen) atoms. The lowest BCUT2D eigenvalue weighted by molar-refractivity contribution is 0.0660. The average molecular weight is 252 g/mol. The van der Waals surface area contributed by atoms with Gasteiger partial charge in [0.1, 0.15) is 5.15 Å². The van der Waals surface area contributed by atoms with Crippen molar-refractivity contribution >= 4 is 17.2 Å². The van der Waals surface area contributed by atoms with E-state index >= 15 is 0 Å². The minimum absolute atomic E-state index is 0.605. The summed E-state index contributed by atoms with van der Waals surface area (Å²) in [6.45, 7) is 1.72. The smallest absolute Gasteiger partial charge is 0.157 e. The zero-order valence-corrected chi connectivity index (χ0v) is 10.2. The van der Waals surface area contributed by atoms with Gasteiger partial charge in [0.2, 0.25) is 0 Å². The molecule has 0 radical (unpaired) electrons. The van der Waals surface area contributed by atoms with Crippen LogP contribution in [0.5, 0.6) is 0 Å². The fourth-order valence-corrected chi connectivity index (χ4v) is 2.41. The van der Waals surface area contributed by atoms with E-state index in [0.29, 0.717) is 11.1 Å². The van der Waals surface area contributed by atoms with Gasteiger partial charge in [0, 0.05) is 19.6 Å². The van der Waals surface area contributed by atoms with Gasteiger partial charge in [-0.2, -0.15) is 0 Å². The van der Waals surface area contributed by atoms with Crippen molar-refractivity contribution < 1.29 is 4.74 Å². The van der Waals surface area contributed by atoms with Gasteiger partial charge in [0.15, 0.2) is 11.5 Å². The standard InChI is InChI=1S/C12H14ClN3O/c13-10-2-1-3-12-14-11(15-16(10)12)8-9-4-6-17-7-5-9/h1-3,9H,4-8H2. The third-order valence-electron chi connectivity index (χ3n) is 3.17. The van der Waals surface area contributed by atoms with E-state index in [9.17, 15) is 0 Å². The Morgan fingerprint density at radius 1 is 1.35 bits per heavy atom. The van der Waals surface area contributed by atoms with E-state index in [0.717, 1.165) is 43.9 Å². The maximum absolute atomic E-state index is 6.05. The number of ether oxygens (including phenoxy) is 1. The first-order valence-corrected chi connectivity index (χ1v) is 6.28. The maximum atomic E-state index is 6.05. The molecule has 0 spiro atoms. The van der Waals surface area contributed by atoms with Crippen LogP contribution in [-0.2, 0) is 11.2 Å². The molecule has 0 bridgehead atoms. The lowest BCUT2D eigenvalue weighted by Crippen LogP contribution is -2.18. The van der Waals surface area contributed by atoms with E-state index in [1.807, 2.05) is 18.2 Å². The largest absolute Gasteiger partial charge is 0.381 e. The molecule has 1 aliphatic rings. The van der Waals surface area contributed by atoms with Crippen molar-refractivity contribution in [3.05, 3.63) is 29.2 Å². The van der Waals surface area contributed by atoms with Crippen molar-refractivity contribution in [2.45, 2.75) is 19.3 Å². The van der Waals surface area contributed by atoms with Crippen LogP contribution in [0.4, 0.5) is 0 Å². The molecule has 1 aliphatic heterocycles. The van der Waals surface area contributed by atoms with Crippen LogP contribution in [0.25, 0.3) is 5.65 Å². The highest BCUT2D eigenvalue weighted by Gasteiger charge is 2.17. The minimum Gasteiger partial charge on any atom is -0.381 e. The first-order chi connectivity index (χ1) is 8.33. The predicted octanol–water partition coefficient (Wildman–Crippen LogP) is 2.35. The van der Waals surface area contributed by atoms with E-state index in [1.165, 1.54) is 0 Å². The van der Waals surface area contributed by atoms with Crippen molar-refractivity contribution in [1.82, 2.24) is 14.6 Å². The molecule has 0 amide bonds. The Labute approximate surface area is 105 Å². The number of fused-ring (bicyclic) bond motifs is 1. The van der Waals surface area contributed by atoms with Gasteiger partial charge < -0.3 is 4.74 Å². The third-order valence-corrected chi connectivity index (χ3v) is 3.46. The summed E-state index contributed by atoms with van der Waals surface area (Å²) in [4.78, 5) is 4.49. The van der Waals surface area contributed by atoms with E-state index in [1.54, 1.807) is 4.52 Å². The molecule has 0 aliphatic carbocycles. The Morgan fingerprint density at radius 2 is 2.18 bits per heavy atom. The fraction of sp³-hybridized carbons (Fsp3) is 0.500. The SMILES string of the molecule is Clc1cccc2nc(CC3CCOCC3)nn12. The predicted molar refractivity (Wildman–Crippen MR) is 65.2 cm³/mol. The minimum atomic E-state index is 0.605. The molecule has 3 heterocycles. The number of hydrogen-bond donors (Lipinski definition) is 0. The second-order valence-electron chi connectivity index (χ2n) is 4.41. The van der Waals surface area contributed by atoms with Crippen LogP contribution in [0.15, 0.2) is 18.2 Å². The molecule has 0 atom stereocenters. The van der Waals surface area contributed by atoms with Gasteiger partial charge in [-0.15, -0.1) is 5.10 Å². The molecule has 0 N–H and O–H groups in total. The van der Waals surface area contributed by atoms with E-state index in [4.69, 9.17) is 16.3 Å². The first kappa shape index (κ1) is 11.0. The summed E-state index contributed by atoms with van der Waals surface area (Å²) in [7, 11) is 0. The number of rotatable bonds is 2. The van der Waals surface area contributed by atoms with Crippen LogP contribution in [0.1, 0.15) is 18.7 Å². The van der Waals surface area contributed by atoms with Crippen molar-refractivity contribution in [1.29, 1.82) is 0 Å². The van der Waals surface area contributed by atoms with Gasteiger partial charge in [-0.3, -0.25) is 0 Å². The molecular weight excluding hydrogens is 238 g/mol. The summed E-state index contributed by atoms with van der Waals surface area (Å²) < 4.78 is 7.04. The molecule has 1 fully saturated rings. The number of nitrogens with zero attached hydrogens (tertiary/aromatic N) is 3. The number of aromatic nitrogens is 3. The fourth-order valence-electron chi connectivity index (χ4n) is 2.21. The van der Waals surface area contributed by atoms with Crippen molar-refractivity contribution in [2.24, 2.45) is 5.92 Å². The van der Waals surface area contributed by atoms with Crippen LogP contribution in [0, 0.1) is 5.92 Å². The Kier molecular flexibility index (Phi) is 2.99. The second kappa shape index (κ2) is 4.63. The highest BCUT2D eigenvalue weighted by atomic mass is 35.5. The average Bonchev–Trinajstić information content (AvgIpc) is 2.74. The van der Waals surface area contributed by atoms with Gasteiger partial charge in [0.05, 0.1) is 0 Å². The summed E-state index contributed by atoms with van der Waals surface area (Å²) >= 11 is 6.05. The second-order valence-corrected chi connectivity index (χ2v) is 4.79. The summed E-state index contributed by atoms with van der Waals surface area (Å²) in [6, 6.07) is 5.64. The Balaban J connectivity index is 1.83. The monoisotopic (exact) mass is 251 g/mol. The van der Waals surface area contributed by atoms with Crippen LogP contribution >= 0.6 is 11.6 Å². The molecule has 4 nitrogen and oxygen atoms in total. The molecule has 0 saturated carbocycles. The Bertz CT molecular complexity index is 519. The van der Waals surface area contributed by atoms with Crippen LogP contribution in [0.3, 0.4) is 0 Å². The molecule has 2 aromatic rings. The van der Waals surface area contributed by atoms with Crippen molar-refractivity contribution in [3.8, 4) is 0 Å². The zero-order valence-electron chi connectivity index (χ0n) is 9.47. The van der Waals surface area contributed by atoms with Crippen molar-refractivity contribution in [2.75, 3.05) is 13.2 Å². The highest BCUT2D eigenvalue weighted by Crippen LogP contribution is 2.19. The summed E-state index contributed by atoms with van der Waals surface area (Å²) in [5.41, 5.74) is 0.819. The molecular formula is C12H14ClN3O. The zero-order chi connectivity index (χ0) is 11.7. The summed E-state index contributed by atoms with van der Waals surface area (Å²) in [5.74, 6) is 1.52. The maximum Gasteiger partial charge on any atom is 0.157 e. The summed E-state index contributed by atoms with van der Waals surface area (Å²) in [5, 5.41) is 5.04. The normalized spacial score (nSPS) is 17.7. The molecule has 0 unspecified atom stereocenters. The number of halogens is 1. The molecule has 0 aromatic carbocycles. The van der Waals surface area contributed by atoms with Crippen LogP contribution in [0.2, 0.25) is 5.15 Å². The Morgan fingerprint density at radius 3 is 2.94 bits per heavy atom. The lowest BCUT2D eigenvalue weighted by atomic mass is 9.96. The first-order valence-electron chi connectivity index (χ1n) is 5.91. The van der Waals surface area contributed by atoms with Gasteiger partial charge >= 0.3 is 0 Å². The molecule has 5 heteroatoms. The van der Waals surface area contributed by atoms with E-state index in [2.05, 4.69) is 10.1 Å². The highest BCUT2D eigenvalue weighted by molar-refractivity contribution is 6.29. The molecule has 3 rings (SSSR count). The van der Waals surface area contributed by atoms with E-state index < -0.39 is 0 Å². The molecule has 2 aromatic heterocycles. The van der Waals surface area contributed by atoms with Crippen molar-refractivity contribution in [3.63, 3.8) is 0 Å². The van der Waals surface area contributed by atoms with Crippen LogP contribution < -0.4 is 0 Å². The Hall–Kier alpha value is -1.13. The molecule has 1 saturated heterocycles. The van der Waals surface area contributed by atoms with E-state index in [-0.39, 0.29) is 0 Å². The van der Waals surface area contributed by atoms with Gasteiger partial charge in [0.25, 0.3) is 0 Å². The van der Waals surface area contributed by atoms with Crippen LogP contribution in [-0.4, -0.2) is 27.8 Å². The quantitative estimate of drug-likeness (QED) is 0.770. The molecule has 90 valence electrons. The van der Waals surface area contributed by atoms with Gasteiger partial charge in [-0.25, -0.2) is 9.50 Å². The topological polar surface area (TPSA) is 39.4 Å². The lowest BCUT2D eigenvalue weighted by Gasteiger charge is -2.20. The summed E-state index contributed by atoms with van der Waals surface area (Å²) in [6.07, 6.45) is 3.12. The van der Waals surface area contributed by atoms with Gasteiger partial charge in [-0.05, 0) is 30.9 Å². The number of pyridine rings is 1. The third kappa shape index (κ3) is 2.28. The number of hydrogen-bond acceptors (Lipinski definition) is 3.